The van der Waals surface area contributed by atoms with Crippen LogP contribution < -0.4 is 10.5 Å². The zero-order valence-electron chi connectivity index (χ0n) is 17.7. The molecule has 0 bridgehead atoms. The molecule has 0 saturated carbocycles. The van der Waals surface area contributed by atoms with Gasteiger partial charge in [0.05, 0.1) is 29.1 Å². The number of nitro groups is 1. The van der Waals surface area contributed by atoms with Gasteiger partial charge in [-0.2, -0.15) is 18.2 Å². The van der Waals surface area contributed by atoms with Crippen molar-refractivity contribution in [3.8, 4) is 0 Å². The lowest BCUT2D eigenvalue weighted by atomic mass is 10.0. The van der Waals surface area contributed by atoms with E-state index in [0.717, 1.165) is 17.8 Å². The summed E-state index contributed by atoms with van der Waals surface area (Å²) in [7, 11) is 0. The van der Waals surface area contributed by atoms with Gasteiger partial charge in [0, 0.05) is 38.6 Å². The third kappa shape index (κ3) is 4.95. The Bertz CT molecular complexity index is 1100. The largest absolute Gasteiger partial charge is 0.416 e. The molecule has 1 spiro atoms. The third-order valence-electron chi connectivity index (χ3n) is 5.58. The van der Waals surface area contributed by atoms with Crippen LogP contribution >= 0.6 is 11.3 Å². The van der Waals surface area contributed by atoms with E-state index in [-0.39, 0.29) is 15.9 Å². The predicted octanol–water partition coefficient (Wildman–Crippen LogP) is 3.72. The molecule has 9 nitrogen and oxygen atoms in total. The molecule has 2 saturated heterocycles. The first kappa shape index (κ1) is 23.8. The highest BCUT2D eigenvalue weighted by atomic mass is 32.1. The van der Waals surface area contributed by atoms with Crippen LogP contribution in [0.2, 0.25) is 0 Å². The second kappa shape index (κ2) is 9.12. The Morgan fingerprint density at radius 1 is 1.36 bits per heavy atom. The van der Waals surface area contributed by atoms with Gasteiger partial charge in [0.15, 0.2) is 10.9 Å². The fourth-order valence-electron chi connectivity index (χ4n) is 3.93. The van der Waals surface area contributed by atoms with Crippen LogP contribution in [0.25, 0.3) is 10.1 Å². The fourth-order valence-corrected chi connectivity index (χ4v) is 5.05. The standard InChI is InChI=1S/C20H22F3N3O6S/c1-2-7-30-10-13-11-31-19(32-13)3-5-25(6-4-19)18-24-17(27)14-8-12(20(21,22)23)9-15(26(28)29)16(14)33-18/h8-9,13H,2-7,10-11H2,1H3. The highest BCUT2D eigenvalue weighted by Gasteiger charge is 2.44. The minimum atomic E-state index is -4.82. The topological polar surface area (TPSA) is 104 Å². The maximum Gasteiger partial charge on any atom is 0.416 e. The molecule has 13 heteroatoms. The average molecular weight is 489 g/mol. The van der Waals surface area contributed by atoms with Crippen molar-refractivity contribution in [1.29, 1.82) is 0 Å². The van der Waals surface area contributed by atoms with E-state index in [4.69, 9.17) is 14.2 Å². The highest BCUT2D eigenvalue weighted by molar-refractivity contribution is 7.22. The van der Waals surface area contributed by atoms with E-state index in [2.05, 4.69) is 4.98 Å². The number of fused-ring (bicyclic) bond motifs is 1. The molecule has 3 heterocycles. The van der Waals surface area contributed by atoms with Crippen molar-refractivity contribution in [2.45, 2.75) is 44.3 Å². The summed E-state index contributed by atoms with van der Waals surface area (Å²) in [5, 5.41) is 11.2. The molecular formula is C20H22F3N3O6S. The fraction of sp³-hybridized carbons (Fsp3) is 0.600. The first-order chi connectivity index (χ1) is 15.6. The van der Waals surface area contributed by atoms with Gasteiger partial charge >= 0.3 is 6.18 Å². The summed E-state index contributed by atoms with van der Waals surface area (Å²) in [5.41, 5.74) is -2.96. The smallest absolute Gasteiger partial charge is 0.379 e. The van der Waals surface area contributed by atoms with Gasteiger partial charge in [-0.1, -0.05) is 18.3 Å². The Hall–Kier alpha value is -2.35. The molecule has 1 aromatic carbocycles. The molecule has 1 unspecified atom stereocenters. The minimum absolute atomic E-state index is 0.134. The van der Waals surface area contributed by atoms with Crippen molar-refractivity contribution < 1.29 is 32.3 Å². The van der Waals surface area contributed by atoms with Crippen LogP contribution in [0.3, 0.4) is 0 Å². The quantitative estimate of drug-likeness (QED) is 0.344. The summed E-state index contributed by atoms with van der Waals surface area (Å²) in [6.07, 6.45) is -3.12. The lowest BCUT2D eigenvalue weighted by Crippen LogP contribution is -2.46. The van der Waals surface area contributed by atoms with E-state index >= 15 is 0 Å². The minimum Gasteiger partial charge on any atom is -0.379 e. The van der Waals surface area contributed by atoms with E-state index < -0.39 is 39.1 Å². The van der Waals surface area contributed by atoms with Gasteiger partial charge in [0.1, 0.15) is 10.8 Å². The van der Waals surface area contributed by atoms with Gasteiger partial charge in [-0.25, -0.2) is 0 Å². The summed E-state index contributed by atoms with van der Waals surface area (Å²) < 4.78 is 56.8. The Kier molecular flexibility index (Phi) is 6.58. The van der Waals surface area contributed by atoms with Crippen molar-refractivity contribution in [2.24, 2.45) is 0 Å². The molecule has 0 aliphatic carbocycles. The first-order valence-electron chi connectivity index (χ1n) is 10.5. The zero-order valence-corrected chi connectivity index (χ0v) is 18.5. The number of piperidine rings is 1. The number of alkyl halides is 3. The van der Waals surface area contributed by atoms with Crippen molar-refractivity contribution in [3.63, 3.8) is 0 Å². The molecule has 2 fully saturated rings. The number of benzene rings is 1. The van der Waals surface area contributed by atoms with Gasteiger partial charge in [-0.15, -0.1) is 0 Å². The maximum absolute atomic E-state index is 13.1. The molecule has 0 radical (unpaired) electrons. The Morgan fingerprint density at radius 2 is 2.09 bits per heavy atom. The first-order valence-corrected chi connectivity index (χ1v) is 11.3. The van der Waals surface area contributed by atoms with Crippen molar-refractivity contribution in [3.05, 3.63) is 38.2 Å². The number of nitro benzene ring substituents is 1. The molecule has 1 atom stereocenters. The Balaban J connectivity index is 1.55. The normalized spacial score (nSPS) is 20.6. The Labute approximate surface area is 190 Å². The molecule has 2 aromatic rings. The van der Waals surface area contributed by atoms with Crippen LogP contribution in [0.1, 0.15) is 31.7 Å². The number of rotatable bonds is 6. The summed E-state index contributed by atoms with van der Waals surface area (Å²) >= 11 is 0.831. The molecule has 0 N–H and O–H groups in total. The summed E-state index contributed by atoms with van der Waals surface area (Å²) in [6.45, 7) is 4.33. The van der Waals surface area contributed by atoms with Gasteiger partial charge in [-0.3, -0.25) is 14.9 Å². The van der Waals surface area contributed by atoms with E-state index in [1.807, 2.05) is 6.92 Å². The van der Waals surface area contributed by atoms with E-state index in [1.54, 1.807) is 4.90 Å². The van der Waals surface area contributed by atoms with Gasteiger partial charge in [0.25, 0.3) is 11.2 Å². The maximum atomic E-state index is 13.1. The van der Waals surface area contributed by atoms with Crippen LogP contribution in [0.5, 0.6) is 0 Å². The molecule has 4 rings (SSSR count). The molecule has 33 heavy (non-hydrogen) atoms. The van der Waals surface area contributed by atoms with Gasteiger partial charge in [0.2, 0.25) is 0 Å². The third-order valence-corrected chi connectivity index (χ3v) is 6.74. The van der Waals surface area contributed by atoms with Crippen molar-refractivity contribution >= 4 is 32.2 Å². The van der Waals surface area contributed by atoms with Gasteiger partial charge in [-0.05, 0) is 12.5 Å². The van der Waals surface area contributed by atoms with Crippen LogP contribution in [0.4, 0.5) is 24.0 Å². The second-order valence-electron chi connectivity index (χ2n) is 7.95. The molecular weight excluding hydrogens is 467 g/mol. The summed E-state index contributed by atoms with van der Waals surface area (Å²) in [6, 6.07) is 1.07. The molecule has 2 aliphatic heterocycles. The number of aromatic nitrogens is 1. The van der Waals surface area contributed by atoms with E-state index in [0.29, 0.717) is 57.9 Å². The Morgan fingerprint density at radius 3 is 2.73 bits per heavy atom. The molecule has 2 aliphatic rings. The van der Waals surface area contributed by atoms with Gasteiger partial charge < -0.3 is 19.1 Å². The molecule has 0 amide bonds. The number of hydrogen-bond donors (Lipinski definition) is 0. The lowest BCUT2D eigenvalue weighted by molar-refractivity contribution is -0.383. The molecule has 180 valence electrons. The molecule has 1 aromatic heterocycles. The number of non-ortho nitro benzene ring substituents is 1. The number of ether oxygens (including phenoxy) is 3. The number of nitrogens with zero attached hydrogens (tertiary/aromatic N) is 3. The van der Waals surface area contributed by atoms with Crippen molar-refractivity contribution in [1.82, 2.24) is 4.98 Å². The average Bonchev–Trinajstić information content (AvgIpc) is 3.15. The SMILES string of the molecule is CCCOCC1COC2(CCN(c3nc(=O)c4cc(C(F)(F)F)cc([N+](=O)[O-])c4s3)CC2)O1. The number of hydrogen-bond acceptors (Lipinski definition) is 9. The highest BCUT2D eigenvalue weighted by Crippen LogP contribution is 2.40. The van der Waals surface area contributed by atoms with Crippen LogP contribution in [0.15, 0.2) is 16.9 Å². The zero-order chi connectivity index (χ0) is 23.8. The van der Waals surface area contributed by atoms with E-state index in [9.17, 15) is 28.1 Å². The van der Waals surface area contributed by atoms with Crippen molar-refractivity contribution in [2.75, 3.05) is 37.8 Å². The van der Waals surface area contributed by atoms with Crippen LogP contribution in [-0.4, -0.2) is 54.7 Å². The predicted molar refractivity (Wildman–Crippen MR) is 114 cm³/mol. The van der Waals surface area contributed by atoms with E-state index in [1.165, 1.54) is 0 Å². The summed E-state index contributed by atoms with van der Waals surface area (Å²) in [4.78, 5) is 28.8. The number of halogens is 3. The van der Waals surface area contributed by atoms with Crippen LogP contribution in [0, 0.1) is 10.1 Å². The second-order valence-corrected chi connectivity index (χ2v) is 8.93. The van der Waals surface area contributed by atoms with Crippen LogP contribution in [-0.2, 0) is 20.4 Å². The number of anilines is 1. The summed E-state index contributed by atoms with van der Waals surface area (Å²) in [5.74, 6) is -0.758. The lowest BCUT2D eigenvalue weighted by Gasteiger charge is -2.38. The monoisotopic (exact) mass is 489 g/mol.